The van der Waals surface area contributed by atoms with Crippen LogP contribution >= 0.6 is 11.6 Å². The Morgan fingerprint density at radius 1 is 1.15 bits per heavy atom. The summed E-state index contributed by atoms with van der Waals surface area (Å²) in [5, 5.41) is 2.90. The molecule has 0 unspecified atom stereocenters. The molecule has 0 saturated heterocycles. The molecule has 0 aromatic heterocycles. The SMILES string of the molecule is CC(C)(C(=O)Nc1ccc(Cl)cc1F)c1ccccc1. The Balaban J connectivity index is 2.23. The molecule has 0 atom stereocenters. The van der Waals surface area contributed by atoms with Crippen LogP contribution in [0.25, 0.3) is 0 Å². The van der Waals surface area contributed by atoms with Crippen LogP contribution in [0.3, 0.4) is 0 Å². The second kappa shape index (κ2) is 5.63. The van der Waals surface area contributed by atoms with Gasteiger partial charge in [-0.2, -0.15) is 0 Å². The molecular formula is C16H15ClFNO. The van der Waals surface area contributed by atoms with Crippen molar-refractivity contribution in [1.29, 1.82) is 0 Å². The third kappa shape index (κ3) is 2.99. The predicted molar refractivity (Wildman–Crippen MR) is 79.5 cm³/mol. The third-order valence-corrected chi connectivity index (χ3v) is 3.48. The molecule has 4 heteroatoms. The van der Waals surface area contributed by atoms with Crippen molar-refractivity contribution in [1.82, 2.24) is 0 Å². The minimum absolute atomic E-state index is 0.128. The van der Waals surface area contributed by atoms with E-state index in [9.17, 15) is 9.18 Å². The van der Waals surface area contributed by atoms with Gasteiger partial charge in [-0.1, -0.05) is 41.9 Å². The largest absolute Gasteiger partial charge is 0.323 e. The molecule has 0 saturated carbocycles. The number of nitrogens with one attached hydrogen (secondary N) is 1. The smallest absolute Gasteiger partial charge is 0.234 e. The molecule has 104 valence electrons. The highest BCUT2D eigenvalue weighted by atomic mass is 35.5. The fourth-order valence-electron chi connectivity index (χ4n) is 1.86. The highest BCUT2D eigenvalue weighted by Crippen LogP contribution is 2.26. The van der Waals surface area contributed by atoms with Gasteiger partial charge in [0.2, 0.25) is 5.91 Å². The molecule has 0 radical (unpaired) electrons. The second-order valence-electron chi connectivity index (χ2n) is 5.07. The first-order chi connectivity index (χ1) is 9.41. The summed E-state index contributed by atoms with van der Waals surface area (Å²) in [4.78, 5) is 12.4. The minimum atomic E-state index is -0.757. The number of carbonyl (C=O) groups is 1. The van der Waals surface area contributed by atoms with Crippen LogP contribution in [0.1, 0.15) is 19.4 Å². The molecule has 20 heavy (non-hydrogen) atoms. The van der Waals surface area contributed by atoms with Gasteiger partial charge in [0.25, 0.3) is 0 Å². The van der Waals surface area contributed by atoms with Crippen molar-refractivity contribution in [2.75, 3.05) is 5.32 Å². The number of carbonyl (C=O) groups excluding carboxylic acids is 1. The Hall–Kier alpha value is -1.87. The van der Waals surface area contributed by atoms with Crippen molar-refractivity contribution < 1.29 is 9.18 Å². The summed E-state index contributed by atoms with van der Waals surface area (Å²) in [6.45, 7) is 3.59. The summed E-state index contributed by atoms with van der Waals surface area (Å²) in [5.74, 6) is -0.820. The zero-order chi connectivity index (χ0) is 14.8. The molecule has 2 nitrogen and oxygen atoms in total. The number of benzene rings is 2. The van der Waals surface area contributed by atoms with E-state index in [0.29, 0.717) is 5.02 Å². The van der Waals surface area contributed by atoms with E-state index < -0.39 is 11.2 Å². The molecule has 1 N–H and O–H groups in total. The van der Waals surface area contributed by atoms with Crippen molar-refractivity contribution in [3.05, 3.63) is 64.9 Å². The minimum Gasteiger partial charge on any atom is -0.323 e. The first kappa shape index (κ1) is 14.5. The van der Waals surface area contributed by atoms with Crippen LogP contribution in [0.2, 0.25) is 5.02 Å². The first-order valence-electron chi connectivity index (χ1n) is 6.23. The summed E-state index contributed by atoms with van der Waals surface area (Å²) in [7, 11) is 0. The molecule has 0 fully saturated rings. The van der Waals surface area contributed by atoms with Crippen molar-refractivity contribution in [3.8, 4) is 0 Å². The molecule has 0 aliphatic carbocycles. The van der Waals surface area contributed by atoms with E-state index in [4.69, 9.17) is 11.6 Å². The predicted octanol–water partition coefficient (Wildman–Crippen LogP) is 4.40. The van der Waals surface area contributed by atoms with Crippen LogP contribution in [0.15, 0.2) is 48.5 Å². The molecular weight excluding hydrogens is 277 g/mol. The van der Waals surface area contributed by atoms with Gasteiger partial charge in [-0.3, -0.25) is 4.79 Å². The molecule has 0 heterocycles. The molecule has 0 spiro atoms. The van der Waals surface area contributed by atoms with Crippen LogP contribution in [0, 0.1) is 5.82 Å². The quantitative estimate of drug-likeness (QED) is 0.892. The topological polar surface area (TPSA) is 29.1 Å². The Morgan fingerprint density at radius 3 is 2.40 bits per heavy atom. The van der Waals surface area contributed by atoms with E-state index in [2.05, 4.69) is 5.32 Å². The maximum absolute atomic E-state index is 13.7. The fraction of sp³-hybridized carbons (Fsp3) is 0.188. The van der Waals surface area contributed by atoms with Crippen LogP contribution in [0.4, 0.5) is 10.1 Å². The number of anilines is 1. The summed E-state index contributed by atoms with van der Waals surface area (Å²) in [5.41, 5.74) is 0.239. The van der Waals surface area contributed by atoms with Gasteiger partial charge in [0.05, 0.1) is 11.1 Å². The van der Waals surface area contributed by atoms with Crippen molar-refractivity contribution in [3.63, 3.8) is 0 Å². The molecule has 2 aromatic rings. The lowest BCUT2D eigenvalue weighted by Crippen LogP contribution is -2.34. The number of hydrogen-bond acceptors (Lipinski definition) is 1. The van der Waals surface area contributed by atoms with Gasteiger partial charge in [0, 0.05) is 5.02 Å². The fourth-order valence-corrected chi connectivity index (χ4v) is 2.01. The number of hydrogen-bond donors (Lipinski definition) is 1. The first-order valence-corrected chi connectivity index (χ1v) is 6.61. The maximum Gasteiger partial charge on any atom is 0.234 e. The standard InChI is InChI=1S/C16H15ClFNO/c1-16(2,11-6-4-3-5-7-11)15(20)19-14-9-8-12(17)10-13(14)18/h3-10H,1-2H3,(H,19,20). The Kier molecular flexibility index (Phi) is 4.09. The van der Waals surface area contributed by atoms with Crippen molar-refractivity contribution in [2.24, 2.45) is 0 Å². The second-order valence-corrected chi connectivity index (χ2v) is 5.51. The van der Waals surface area contributed by atoms with Gasteiger partial charge in [-0.15, -0.1) is 0 Å². The molecule has 1 amide bonds. The summed E-state index contributed by atoms with van der Waals surface area (Å²) in [6.07, 6.45) is 0. The van der Waals surface area contributed by atoms with Crippen molar-refractivity contribution in [2.45, 2.75) is 19.3 Å². The highest BCUT2D eigenvalue weighted by molar-refractivity contribution is 6.30. The lowest BCUT2D eigenvalue weighted by Gasteiger charge is -2.24. The normalized spacial score (nSPS) is 11.2. The molecule has 0 aliphatic rings. The van der Waals surface area contributed by atoms with Crippen LogP contribution in [-0.2, 0) is 10.2 Å². The molecule has 2 rings (SSSR count). The van der Waals surface area contributed by atoms with E-state index in [1.54, 1.807) is 13.8 Å². The third-order valence-electron chi connectivity index (χ3n) is 3.24. The van der Waals surface area contributed by atoms with E-state index in [-0.39, 0.29) is 11.6 Å². The molecule has 0 aliphatic heterocycles. The van der Waals surface area contributed by atoms with Gasteiger partial charge in [-0.05, 0) is 37.6 Å². The van der Waals surface area contributed by atoms with Gasteiger partial charge in [0.1, 0.15) is 5.82 Å². The van der Waals surface area contributed by atoms with Crippen LogP contribution < -0.4 is 5.32 Å². The van der Waals surface area contributed by atoms with Gasteiger partial charge < -0.3 is 5.32 Å². The van der Waals surface area contributed by atoms with Crippen LogP contribution in [0.5, 0.6) is 0 Å². The highest BCUT2D eigenvalue weighted by Gasteiger charge is 2.30. The number of halogens is 2. The molecule has 0 bridgehead atoms. The Labute approximate surface area is 122 Å². The van der Waals surface area contributed by atoms with Crippen molar-refractivity contribution >= 4 is 23.2 Å². The Morgan fingerprint density at radius 2 is 1.80 bits per heavy atom. The monoisotopic (exact) mass is 291 g/mol. The summed E-state index contributed by atoms with van der Waals surface area (Å²) in [6, 6.07) is 13.5. The lowest BCUT2D eigenvalue weighted by atomic mass is 9.83. The number of rotatable bonds is 3. The van der Waals surface area contributed by atoms with E-state index in [1.165, 1.54) is 18.2 Å². The average Bonchev–Trinajstić information content (AvgIpc) is 2.42. The number of amides is 1. The lowest BCUT2D eigenvalue weighted by molar-refractivity contribution is -0.120. The zero-order valence-corrected chi connectivity index (χ0v) is 12.0. The van der Waals surface area contributed by atoms with E-state index >= 15 is 0 Å². The average molecular weight is 292 g/mol. The van der Waals surface area contributed by atoms with Gasteiger partial charge >= 0.3 is 0 Å². The van der Waals surface area contributed by atoms with Crippen LogP contribution in [-0.4, -0.2) is 5.91 Å². The van der Waals surface area contributed by atoms with Gasteiger partial charge in [-0.25, -0.2) is 4.39 Å². The van der Waals surface area contributed by atoms with Gasteiger partial charge in [0.15, 0.2) is 0 Å². The van der Waals surface area contributed by atoms with E-state index in [0.717, 1.165) is 5.56 Å². The zero-order valence-electron chi connectivity index (χ0n) is 11.3. The molecule has 2 aromatic carbocycles. The maximum atomic E-state index is 13.7. The summed E-state index contributed by atoms with van der Waals surface area (Å²) < 4.78 is 13.7. The van der Waals surface area contributed by atoms with E-state index in [1.807, 2.05) is 30.3 Å². The Bertz CT molecular complexity index is 626. The summed E-state index contributed by atoms with van der Waals surface area (Å²) >= 11 is 5.69.